The molecule has 1 aromatic rings. The van der Waals surface area contributed by atoms with Crippen LogP contribution in [0.3, 0.4) is 0 Å². The van der Waals surface area contributed by atoms with Gasteiger partial charge >= 0.3 is 0 Å². The van der Waals surface area contributed by atoms with Crippen molar-refractivity contribution in [2.75, 3.05) is 31.1 Å². The van der Waals surface area contributed by atoms with Crippen LogP contribution in [0.1, 0.15) is 44.9 Å². The molecule has 1 fully saturated rings. The summed E-state index contributed by atoms with van der Waals surface area (Å²) in [6, 6.07) is 4.74. The Morgan fingerprint density at radius 3 is 2.48 bits per heavy atom. The first-order valence-electron chi connectivity index (χ1n) is 8.27. The number of rotatable bonds is 6. The fourth-order valence-corrected chi connectivity index (χ4v) is 2.92. The topological polar surface area (TPSA) is 39.6 Å². The number of aromatic nitrogens is 1. The molecule has 0 radical (unpaired) electrons. The van der Waals surface area contributed by atoms with Crippen molar-refractivity contribution in [1.29, 1.82) is 0 Å². The Hall–Kier alpha value is -1.13. The minimum absolute atomic E-state index is 0.0963. The molecule has 1 saturated heterocycles. The fourth-order valence-electron chi connectivity index (χ4n) is 2.92. The van der Waals surface area contributed by atoms with Crippen LogP contribution in [0.4, 0.5) is 5.82 Å². The first-order valence-corrected chi connectivity index (χ1v) is 8.27. The highest BCUT2D eigenvalue weighted by molar-refractivity contribution is 5.43. The van der Waals surface area contributed by atoms with E-state index < -0.39 is 0 Å². The number of aryl methyl sites for hydroxylation is 1. The molecule has 118 valence electrons. The van der Waals surface area contributed by atoms with E-state index in [0.29, 0.717) is 6.04 Å². The van der Waals surface area contributed by atoms with Crippen molar-refractivity contribution >= 4 is 5.82 Å². The second-order valence-electron chi connectivity index (χ2n) is 6.01. The van der Waals surface area contributed by atoms with E-state index in [9.17, 15) is 5.11 Å². The Labute approximate surface area is 128 Å². The summed E-state index contributed by atoms with van der Waals surface area (Å²) in [6.45, 7) is 11.1. The summed E-state index contributed by atoms with van der Waals surface area (Å²) in [7, 11) is 0. The summed E-state index contributed by atoms with van der Waals surface area (Å²) in [5.74, 6) is 1.04. The number of nitrogens with zero attached hydrogens (tertiary/aromatic N) is 3. The smallest absolute Gasteiger partial charge is 0.129 e. The van der Waals surface area contributed by atoms with Crippen molar-refractivity contribution in [3.63, 3.8) is 0 Å². The van der Waals surface area contributed by atoms with Gasteiger partial charge in [0.1, 0.15) is 5.82 Å². The molecule has 0 spiro atoms. The lowest BCUT2D eigenvalue weighted by Crippen LogP contribution is -2.49. The molecule has 0 aromatic carbocycles. The van der Waals surface area contributed by atoms with Gasteiger partial charge in [0, 0.05) is 37.9 Å². The highest BCUT2D eigenvalue weighted by Crippen LogP contribution is 2.19. The third-order valence-corrected chi connectivity index (χ3v) is 4.47. The molecule has 0 aliphatic carbocycles. The summed E-state index contributed by atoms with van der Waals surface area (Å²) < 4.78 is 0. The maximum atomic E-state index is 9.45. The number of anilines is 1. The van der Waals surface area contributed by atoms with Gasteiger partial charge in [0.2, 0.25) is 0 Å². The van der Waals surface area contributed by atoms with Gasteiger partial charge in [0.05, 0.1) is 6.61 Å². The van der Waals surface area contributed by atoms with Crippen molar-refractivity contribution in [2.45, 2.75) is 52.7 Å². The van der Waals surface area contributed by atoms with E-state index in [1.165, 1.54) is 6.42 Å². The van der Waals surface area contributed by atoms with Gasteiger partial charge in [0.25, 0.3) is 0 Å². The molecule has 1 atom stereocenters. The number of pyridine rings is 1. The maximum Gasteiger partial charge on any atom is 0.129 e. The van der Waals surface area contributed by atoms with E-state index in [1.54, 1.807) is 0 Å². The van der Waals surface area contributed by atoms with Crippen LogP contribution >= 0.6 is 0 Å². The SMILES string of the molecule is CCCc1cc(CO)cc(N2CCN(C(C)CC)CC2)n1. The Morgan fingerprint density at radius 2 is 1.90 bits per heavy atom. The molecule has 0 amide bonds. The lowest BCUT2D eigenvalue weighted by Gasteiger charge is -2.38. The van der Waals surface area contributed by atoms with Crippen molar-refractivity contribution < 1.29 is 5.11 Å². The van der Waals surface area contributed by atoms with E-state index in [2.05, 4.69) is 30.6 Å². The molecule has 2 heterocycles. The van der Waals surface area contributed by atoms with Gasteiger partial charge in [-0.2, -0.15) is 0 Å². The van der Waals surface area contributed by atoms with Crippen LogP contribution in [0.15, 0.2) is 12.1 Å². The average molecular weight is 291 g/mol. The predicted molar refractivity (Wildman–Crippen MR) is 87.7 cm³/mol. The Balaban J connectivity index is 2.07. The normalized spacial score (nSPS) is 18.0. The van der Waals surface area contributed by atoms with Crippen molar-refractivity contribution in [1.82, 2.24) is 9.88 Å². The molecule has 2 rings (SSSR count). The van der Waals surface area contributed by atoms with Gasteiger partial charge in [-0.15, -0.1) is 0 Å². The summed E-state index contributed by atoms with van der Waals surface area (Å²) in [6.07, 6.45) is 3.27. The van der Waals surface area contributed by atoms with Crippen LogP contribution in [0.5, 0.6) is 0 Å². The minimum Gasteiger partial charge on any atom is -0.392 e. The first kappa shape index (κ1) is 16.2. The summed E-state index contributed by atoms with van der Waals surface area (Å²) in [4.78, 5) is 9.69. The lowest BCUT2D eigenvalue weighted by molar-refractivity contribution is 0.192. The molecule has 4 heteroatoms. The third-order valence-electron chi connectivity index (χ3n) is 4.47. The van der Waals surface area contributed by atoms with Gasteiger partial charge < -0.3 is 10.0 Å². The zero-order valence-electron chi connectivity index (χ0n) is 13.7. The molecule has 1 aromatic heterocycles. The van der Waals surface area contributed by atoms with E-state index in [4.69, 9.17) is 4.98 Å². The molecule has 1 unspecified atom stereocenters. The van der Waals surface area contributed by atoms with Gasteiger partial charge in [-0.25, -0.2) is 4.98 Å². The largest absolute Gasteiger partial charge is 0.392 e. The molecule has 1 aliphatic heterocycles. The molecular weight excluding hydrogens is 262 g/mol. The lowest BCUT2D eigenvalue weighted by atomic mass is 10.1. The standard InChI is InChI=1S/C17H29N3O/c1-4-6-16-11-15(13-21)12-17(18-16)20-9-7-19(8-10-20)14(3)5-2/h11-12,14,21H,4-10,13H2,1-3H3. The molecule has 0 bridgehead atoms. The average Bonchev–Trinajstić information content (AvgIpc) is 2.54. The van der Waals surface area contributed by atoms with Crippen LogP contribution in [0, 0.1) is 0 Å². The Bertz CT molecular complexity index is 442. The van der Waals surface area contributed by atoms with Gasteiger partial charge in [0.15, 0.2) is 0 Å². The zero-order chi connectivity index (χ0) is 15.2. The van der Waals surface area contributed by atoms with Crippen LogP contribution in [0.25, 0.3) is 0 Å². The van der Waals surface area contributed by atoms with E-state index in [0.717, 1.165) is 56.1 Å². The van der Waals surface area contributed by atoms with Crippen molar-refractivity contribution in [3.05, 3.63) is 23.4 Å². The van der Waals surface area contributed by atoms with Crippen LogP contribution in [0.2, 0.25) is 0 Å². The highest BCUT2D eigenvalue weighted by Gasteiger charge is 2.21. The fraction of sp³-hybridized carbons (Fsp3) is 0.706. The van der Waals surface area contributed by atoms with Crippen LogP contribution in [-0.2, 0) is 13.0 Å². The number of hydrogen-bond donors (Lipinski definition) is 1. The van der Waals surface area contributed by atoms with Gasteiger partial charge in [-0.3, -0.25) is 4.90 Å². The second kappa shape index (κ2) is 7.76. The van der Waals surface area contributed by atoms with Crippen LogP contribution < -0.4 is 4.90 Å². The first-order chi connectivity index (χ1) is 10.2. The van der Waals surface area contributed by atoms with Crippen molar-refractivity contribution in [3.8, 4) is 0 Å². The number of aliphatic hydroxyl groups is 1. The summed E-state index contributed by atoms with van der Waals surface area (Å²) in [5.41, 5.74) is 2.08. The van der Waals surface area contributed by atoms with Crippen LogP contribution in [-0.4, -0.2) is 47.2 Å². The molecule has 1 N–H and O–H groups in total. The number of hydrogen-bond acceptors (Lipinski definition) is 4. The quantitative estimate of drug-likeness (QED) is 0.874. The Kier molecular flexibility index (Phi) is 6.00. The predicted octanol–water partition coefficient (Wildman–Crippen LogP) is 2.45. The molecule has 1 aliphatic rings. The van der Waals surface area contributed by atoms with E-state index >= 15 is 0 Å². The van der Waals surface area contributed by atoms with Crippen molar-refractivity contribution in [2.24, 2.45) is 0 Å². The molecule has 4 nitrogen and oxygen atoms in total. The third kappa shape index (κ3) is 4.17. The minimum atomic E-state index is 0.0963. The molecule has 0 saturated carbocycles. The summed E-state index contributed by atoms with van der Waals surface area (Å²) in [5, 5.41) is 9.45. The second-order valence-corrected chi connectivity index (χ2v) is 6.01. The Morgan fingerprint density at radius 1 is 1.19 bits per heavy atom. The monoisotopic (exact) mass is 291 g/mol. The van der Waals surface area contributed by atoms with E-state index in [-0.39, 0.29) is 6.61 Å². The van der Waals surface area contributed by atoms with Gasteiger partial charge in [-0.1, -0.05) is 20.3 Å². The molecule has 21 heavy (non-hydrogen) atoms. The zero-order valence-corrected chi connectivity index (χ0v) is 13.7. The number of piperazine rings is 1. The maximum absolute atomic E-state index is 9.45. The molecular formula is C17H29N3O. The number of aliphatic hydroxyl groups excluding tert-OH is 1. The highest BCUT2D eigenvalue weighted by atomic mass is 16.3. The van der Waals surface area contributed by atoms with E-state index in [1.807, 2.05) is 12.1 Å². The van der Waals surface area contributed by atoms with Gasteiger partial charge in [-0.05, 0) is 37.5 Å². The summed E-state index contributed by atoms with van der Waals surface area (Å²) >= 11 is 0.